The summed E-state index contributed by atoms with van der Waals surface area (Å²) in [6.07, 6.45) is 5.37. The van der Waals surface area contributed by atoms with Crippen LogP contribution in [0.4, 0.5) is 0 Å². The second-order valence-electron chi connectivity index (χ2n) is 6.45. The van der Waals surface area contributed by atoms with Crippen LogP contribution in [0.15, 0.2) is 54.1 Å². The van der Waals surface area contributed by atoms with Crippen molar-refractivity contribution in [3.63, 3.8) is 0 Å². The molecule has 1 saturated carbocycles. The lowest BCUT2D eigenvalue weighted by molar-refractivity contribution is -0.119. The fourth-order valence-corrected chi connectivity index (χ4v) is 3.73. The Morgan fingerprint density at radius 1 is 1.08 bits per heavy atom. The van der Waals surface area contributed by atoms with Crippen LogP contribution in [0, 0.1) is 11.3 Å². The molecule has 0 spiro atoms. The van der Waals surface area contributed by atoms with Crippen LogP contribution in [-0.2, 0) is 10.3 Å². The number of rotatable bonds is 4. The molecule has 1 N–H and O–H groups in total. The van der Waals surface area contributed by atoms with E-state index in [-0.39, 0.29) is 11.5 Å². The Bertz CT molecular complexity index is 879. The van der Waals surface area contributed by atoms with Crippen molar-refractivity contribution in [2.75, 3.05) is 0 Å². The first-order valence-electron chi connectivity index (χ1n) is 8.49. The Morgan fingerprint density at radius 2 is 1.77 bits per heavy atom. The van der Waals surface area contributed by atoms with Crippen LogP contribution in [0.2, 0.25) is 10.0 Å². The molecule has 1 amide bonds. The van der Waals surface area contributed by atoms with Crippen LogP contribution in [0.5, 0.6) is 0 Å². The number of carbonyl (C=O) groups excluding carboxylic acids is 1. The van der Waals surface area contributed by atoms with Gasteiger partial charge in [-0.25, -0.2) is 0 Å². The summed E-state index contributed by atoms with van der Waals surface area (Å²) < 4.78 is 0. The van der Waals surface area contributed by atoms with Crippen LogP contribution in [0.1, 0.15) is 36.8 Å². The van der Waals surface area contributed by atoms with Gasteiger partial charge >= 0.3 is 0 Å². The van der Waals surface area contributed by atoms with E-state index >= 15 is 0 Å². The predicted octanol–water partition coefficient (Wildman–Crippen LogP) is 5.49. The number of halogens is 2. The number of hydrogen-bond donors (Lipinski definition) is 1. The topological polar surface area (TPSA) is 52.9 Å². The summed E-state index contributed by atoms with van der Waals surface area (Å²) in [5.41, 5.74) is 1.38. The number of amides is 1. The molecule has 1 fully saturated rings. The zero-order valence-corrected chi connectivity index (χ0v) is 15.6. The Morgan fingerprint density at radius 3 is 2.38 bits per heavy atom. The van der Waals surface area contributed by atoms with Crippen molar-refractivity contribution in [2.45, 2.75) is 31.2 Å². The first-order valence-corrected chi connectivity index (χ1v) is 9.24. The molecule has 0 saturated heterocycles. The fraction of sp³-hybridized carbons (Fsp3) is 0.238. The summed E-state index contributed by atoms with van der Waals surface area (Å²) in [5.74, 6) is -0.371. The number of hydrogen-bond acceptors (Lipinski definition) is 2. The quantitative estimate of drug-likeness (QED) is 0.559. The van der Waals surface area contributed by atoms with E-state index in [2.05, 4.69) is 5.32 Å². The molecule has 26 heavy (non-hydrogen) atoms. The normalized spacial score (nSPS) is 16.1. The molecule has 1 aliphatic carbocycles. The van der Waals surface area contributed by atoms with Crippen LogP contribution in [0.25, 0.3) is 6.08 Å². The molecule has 5 heteroatoms. The average molecular weight is 385 g/mol. The van der Waals surface area contributed by atoms with Crippen molar-refractivity contribution < 1.29 is 4.79 Å². The molecule has 3 rings (SSSR count). The Balaban J connectivity index is 1.87. The third kappa shape index (κ3) is 3.93. The smallest absolute Gasteiger partial charge is 0.262 e. The van der Waals surface area contributed by atoms with Gasteiger partial charge in [0.2, 0.25) is 0 Å². The third-order valence-electron chi connectivity index (χ3n) is 4.76. The summed E-state index contributed by atoms with van der Waals surface area (Å²) in [4.78, 5) is 12.8. The highest BCUT2D eigenvalue weighted by molar-refractivity contribution is 6.42. The molecule has 0 heterocycles. The molecule has 132 valence electrons. The van der Waals surface area contributed by atoms with Crippen molar-refractivity contribution in [2.24, 2.45) is 0 Å². The lowest BCUT2D eigenvalue weighted by Crippen LogP contribution is -2.44. The van der Waals surface area contributed by atoms with E-state index in [1.54, 1.807) is 18.2 Å². The van der Waals surface area contributed by atoms with Gasteiger partial charge in [-0.05, 0) is 42.2 Å². The molecular formula is C21H18Cl2N2O. The number of nitrogens with zero attached hydrogens (tertiary/aromatic N) is 1. The van der Waals surface area contributed by atoms with Crippen molar-refractivity contribution >= 4 is 35.2 Å². The molecule has 0 aromatic heterocycles. The highest BCUT2D eigenvalue weighted by atomic mass is 35.5. The second kappa shape index (κ2) is 7.95. The maximum absolute atomic E-state index is 12.8. The Labute approximate surface area is 163 Å². The maximum atomic E-state index is 12.8. The minimum absolute atomic E-state index is 0.0468. The average Bonchev–Trinajstić information content (AvgIpc) is 3.13. The highest BCUT2D eigenvalue weighted by Crippen LogP contribution is 2.38. The first kappa shape index (κ1) is 18.5. The van der Waals surface area contributed by atoms with Gasteiger partial charge in [0.25, 0.3) is 5.91 Å². The van der Waals surface area contributed by atoms with Gasteiger partial charge in [-0.2, -0.15) is 5.26 Å². The largest absolute Gasteiger partial charge is 0.342 e. The molecule has 0 unspecified atom stereocenters. The van der Waals surface area contributed by atoms with Crippen molar-refractivity contribution in [1.82, 2.24) is 5.32 Å². The molecule has 2 aromatic rings. The summed E-state index contributed by atoms with van der Waals surface area (Å²) in [6, 6.07) is 17.0. The van der Waals surface area contributed by atoms with Crippen molar-refractivity contribution in [3.05, 3.63) is 75.3 Å². The van der Waals surface area contributed by atoms with Crippen molar-refractivity contribution in [1.29, 1.82) is 5.26 Å². The Hall–Kier alpha value is -2.28. The highest BCUT2D eigenvalue weighted by Gasteiger charge is 2.37. The second-order valence-corrected chi connectivity index (χ2v) is 7.27. The fourth-order valence-electron chi connectivity index (χ4n) is 3.42. The summed E-state index contributed by atoms with van der Waals surface area (Å²) >= 11 is 11.9. The van der Waals surface area contributed by atoms with E-state index in [9.17, 15) is 10.1 Å². The lowest BCUT2D eigenvalue weighted by atomic mass is 9.87. The number of carbonyl (C=O) groups is 1. The first-order chi connectivity index (χ1) is 12.5. The van der Waals surface area contributed by atoms with E-state index in [0.29, 0.717) is 15.6 Å². The zero-order chi connectivity index (χ0) is 18.6. The maximum Gasteiger partial charge on any atom is 0.262 e. The van der Waals surface area contributed by atoms with E-state index in [0.717, 1.165) is 31.2 Å². The Kier molecular flexibility index (Phi) is 5.66. The van der Waals surface area contributed by atoms with Gasteiger partial charge < -0.3 is 5.32 Å². The molecule has 1 aliphatic rings. The standard InChI is InChI=1S/C21H18Cl2N2O/c22-18-9-8-15(13-19(18)23)12-16(14-24)20(26)25-21(10-4-5-11-21)17-6-2-1-3-7-17/h1-3,6-9,12-13H,4-5,10-11H2,(H,25,26). The summed E-state index contributed by atoms with van der Waals surface area (Å²) in [5, 5.41) is 13.4. The van der Waals surface area contributed by atoms with Gasteiger partial charge in [-0.3, -0.25) is 4.79 Å². The van der Waals surface area contributed by atoms with Crippen molar-refractivity contribution in [3.8, 4) is 6.07 Å². The number of benzene rings is 2. The summed E-state index contributed by atoms with van der Waals surface area (Å²) in [7, 11) is 0. The molecule has 0 atom stereocenters. The molecule has 0 aliphatic heterocycles. The van der Waals surface area contributed by atoms with Crippen LogP contribution >= 0.6 is 23.2 Å². The van der Waals surface area contributed by atoms with Gasteiger partial charge in [-0.1, -0.05) is 72.4 Å². The summed E-state index contributed by atoms with van der Waals surface area (Å²) in [6.45, 7) is 0. The van der Waals surface area contributed by atoms with Gasteiger partial charge in [0, 0.05) is 0 Å². The number of nitriles is 1. The van der Waals surface area contributed by atoms with Gasteiger partial charge in [-0.15, -0.1) is 0 Å². The third-order valence-corrected chi connectivity index (χ3v) is 5.50. The minimum Gasteiger partial charge on any atom is -0.342 e. The van der Waals surface area contributed by atoms with Gasteiger partial charge in [0.1, 0.15) is 11.6 Å². The van der Waals surface area contributed by atoms with Crippen LogP contribution in [-0.4, -0.2) is 5.91 Å². The van der Waals surface area contributed by atoms with E-state index in [1.165, 1.54) is 6.08 Å². The molecule has 0 radical (unpaired) electrons. The van der Waals surface area contributed by atoms with E-state index < -0.39 is 5.54 Å². The molecule has 3 nitrogen and oxygen atoms in total. The van der Waals surface area contributed by atoms with E-state index in [1.807, 2.05) is 36.4 Å². The lowest BCUT2D eigenvalue weighted by Gasteiger charge is -2.31. The minimum atomic E-state index is -0.411. The van der Waals surface area contributed by atoms with Gasteiger partial charge in [0.05, 0.1) is 15.6 Å². The van der Waals surface area contributed by atoms with Crippen LogP contribution in [0.3, 0.4) is 0 Å². The predicted molar refractivity (Wildman–Crippen MR) is 105 cm³/mol. The molecule has 2 aromatic carbocycles. The molecule has 0 bridgehead atoms. The number of nitrogens with one attached hydrogen (secondary N) is 1. The van der Waals surface area contributed by atoms with Crippen LogP contribution < -0.4 is 5.32 Å². The monoisotopic (exact) mass is 384 g/mol. The zero-order valence-electron chi connectivity index (χ0n) is 14.1. The van der Waals surface area contributed by atoms with E-state index in [4.69, 9.17) is 23.2 Å². The van der Waals surface area contributed by atoms with Gasteiger partial charge in [0.15, 0.2) is 0 Å². The molecular weight excluding hydrogens is 367 g/mol. The SMILES string of the molecule is N#CC(=Cc1ccc(Cl)c(Cl)c1)C(=O)NC1(c2ccccc2)CCCC1.